The van der Waals surface area contributed by atoms with Gasteiger partial charge in [0.05, 0.1) is 28.5 Å². The summed E-state index contributed by atoms with van der Waals surface area (Å²) in [7, 11) is 0. The molecule has 0 amide bonds. The van der Waals surface area contributed by atoms with Gasteiger partial charge in [0.25, 0.3) is 0 Å². The minimum Gasteiger partial charge on any atom is -0.294 e. The molecule has 4 nitrogen and oxygen atoms in total. The average molecular weight is 247 g/mol. The maximum Gasteiger partial charge on any atom is 0.170 e. The van der Waals surface area contributed by atoms with Gasteiger partial charge < -0.3 is 0 Å². The van der Waals surface area contributed by atoms with Crippen molar-refractivity contribution in [3.63, 3.8) is 0 Å². The first-order valence-electron chi connectivity index (χ1n) is 5.31. The number of carbonyl (C=O) groups excluding carboxylic acids is 1. The Hall–Kier alpha value is -1.62. The summed E-state index contributed by atoms with van der Waals surface area (Å²) in [5, 5.41) is 10.8. The van der Waals surface area contributed by atoms with Crippen LogP contribution in [0.1, 0.15) is 32.4 Å². The molecule has 0 unspecified atom stereocenters. The van der Waals surface area contributed by atoms with E-state index < -0.39 is 0 Å². The summed E-state index contributed by atoms with van der Waals surface area (Å²) >= 11 is 1.56. The first kappa shape index (κ1) is 11.9. The van der Waals surface area contributed by atoms with Crippen LogP contribution in [0.4, 0.5) is 0 Å². The second-order valence-corrected chi connectivity index (χ2v) is 5.00. The quantitative estimate of drug-likeness (QED) is 0.781. The third-order valence-corrected chi connectivity index (χ3v) is 3.23. The summed E-state index contributed by atoms with van der Waals surface area (Å²) in [6.45, 7) is 5.56. The highest BCUT2D eigenvalue weighted by Crippen LogP contribution is 2.13. The molecular weight excluding hydrogens is 234 g/mol. The molecule has 2 aromatic heterocycles. The zero-order valence-electron chi connectivity index (χ0n) is 10.0. The van der Waals surface area contributed by atoms with E-state index in [2.05, 4.69) is 15.2 Å². The molecule has 0 N–H and O–H groups in total. The van der Waals surface area contributed by atoms with E-state index in [1.807, 2.05) is 19.2 Å². The average Bonchev–Trinajstić information content (AvgIpc) is 2.67. The Kier molecular flexibility index (Phi) is 3.28. The summed E-state index contributed by atoms with van der Waals surface area (Å²) in [6.07, 6.45) is 0.330. The van der Waals surface area contributed by atoms with E-state index in [0.29, 0.717) is 17.7 Å². The van der Waals surface area contributed by atoms with Gasteiger partial charge in [0, 0.05) is 10.9 Å². The van der Waals surface area contributed by atoms with Gasteiger partial charge in [0.2, 0.25) is 0 Å². The molecule has 0 saturated heterocycles. The van der Waals surface area contributed by atoms with Crippen molar-refractivity contribution < 1.29 is 4.79 Å². The molecule has 0 aliphatic rings. The number of ketones is 1. The van der Waals surface area contributed by atoms with Crippen LogP contribution in [0.25, 0.3) is 0 Å². The summed E-state index contributed by atoms with van der Waals surface area (Å²) in [4.78, 5) is 16.4. The van der Waals surface area contributed by atoms with E-state index >= 15 is 0 Å². The number of rotatable bonds is 3. The highest BCUT2D eigenvalue weighted by atomic mass is 32.1. The van der Waals surface area contributed by atoms with Crippen LogP contribution in [0.3, 0.4) is 0 Å². The normalized spacial score (nSPS) is 10.5. The number of nitrogens with zero attached hydrogens (tertiary/aromatic N) is 3. The van der Waals surface area contributed by atoms with Crippen molar-refractivity contribution in [1.82, 2.24) is 15.2 Å². The second-order valence-electron chi connectivity index (χ2n) is 3.94. The molecule has 88 valence electrons. The minimum atomic E-state index is 0.0470. The molecule has 2 rings (SSSR count). The number of aromatic nitrogens is 3. The van der Waals surface area contributed by atoms with Crippen molar-refractivity contribution >= 4 is 17.1 Å². The number of thiazole rings is 1. The minimum absolute atomic E-state index is 0.0470. The van der Waals surface area contributed by atoms with E-state index in [4.69, 9.17) is 0 Å². The first-order valence-corrected chi connectivity index (χ1v) is 6.19. The summed E-state index contributed by atoms with van der Waals surface area (Å²) in [6, 6.07) is 1.78. The molecule has 0 atom stereocenters. The van der Waals surface area contributed by atoms with Gasteiger partial charge in [-0.15, -0.1) is 11.3 Å². The van der Waals surface area contributed by atoms with Crippen molar-refractivity contribution in [3.05, 3.63) is 39.1 Å². The lowest BCUT2D eigenvalue weighted by Crippen LogP contribution is -2.08. The van der Waals surface area contributed by atoms with Gasteiger partial charge in [-0.25, -0.2) is 4.98 Å². The fraction of sp³-hybridized carbons (Fsp3) is 0.333. The predicted molar refractivity (Wildman–Crippen MR) is 66.4 cm³/mol. The SMILES string of the molecule is Cc1cc(C(=O)Cc2csc(C)n2)c(C)nn1. The van der Waals surface area contributed by atoms with Gasteiger partial charge in [-0.2, -0.15) is 10.2 Å². The molecule has 0 fully saturated rings. The number of hydrogen-bond acceptors (Lipinski definition) is 5. The van der Waals surface area contributed by atoms with Gasteiger partial charge in [0.1, 0.15) is 0 Å². The van der Waals surface area contributed by atoms with Crippen LogP contribution in [-0.2, 0) is 6.42 Å². The van der Waals surface area contributed by atoms with Crippen molar-refractivity contribution in [1.29, 1.82) is 0 Å². The molecule has 0 radical (unpaired) electrons. The third-order valence-electron chi connectivity index (χ3n) is 2.41. The predicted octanol–water partition coefficient (Wildman–Crippen LogP) is 2.28. The number of aryl methyl sites for hydroxylation is 3. The van der Waals surface area contributed by atoms with E-state index in [1.54, 1.807) is 24.3 Å². The largest absolute Gasteiger partial charge is 0.294 e. The molecule has 0 spiro atoms. The lowest BCUT2D eigenvalue weighted by molar-refractivity contribution is 0.0991. The third kappa shape index (κ3) is 2.74. The number of Topliss-reactive ketones (excluding diaryl/α,β-unsaturated/α-hetero) is 1. The second kappa shape index (κ2) is 4.71. The zero-order chi connectivity index (χ0) is 12.4. The van der Waals surface area contributed by atoms with Crippen LogP contribution in [-0.4, -0.2) is 21.0 Å². The van der Waals surface area contributed by atoms with Crippen LogP contribution in [0.5, 0.6) is 0 Å². The molecule has 2 aromatic rings. The van der Waals surface area contributed by atoms with Crippen molar-refractivity contribution in [2.24, 2.45) is 0 Å². The van der Waals surface area contributed by atoms with Gasteiger partial charge >= 0.3 is 0 Å². The van der Waals surface area contributed by atoms with Crippen LogP contribution in [0.2, 0.25) is 0 Å². The lowest BCUT2D eigenvalue weighted by atomic mass is 10.1. The van der Waals surface area contributed by atoms with Gasteiger partial charge in [-0.1, -0.05) is 0 Å². The summed E-state index contributed by atoms with van der Waals surface area (Å²) < 4.78 is 0. The van der Waals surface area contributed by atoms with Gasteiger partial charge in [-0.3, -0.25) is 4.79 Å². The maximum absolute atomic E-state index is 12.1. The van der Waals surface area contributed by atoms with Crippen LogP contribution in [0.15, 0.2) is 11.4 Å². The number of carbonyl (C=O) groups is 1. The Morgan fingerprint density at radius 1 is 1.29 bits per heavy atom. The molecule has 0 saturated carbocycles. The zero-order valence-corrected chi connectivity index (χ0v) is 10.8. The Morgan fingerprint density at radius 3 is 2.71 bits per heavy atom. The fourth-order valence-electron chi connectivity index (χ4n) is 1.58. The molecule has 2 heterocycles. The van der Waals surface area contributed by atoms with Crippen molar-refractivity contribution in [2.45, 2.75) is 27.2 Å². The topological polar surface area (TPSA) is 55.7 Å². The van der Waals surface area contributed by atoms with E-state index in [1.165, 1.54) is 0 Å². The van der Waals surface area contributed by atoms with Crippen molar-refractivity contribution in [2.75, 3.05) is 0 Å². The number of hydrogen-bond donors (Lipinski definition) is 0. The summed E-state index contributed by atoms with van der Waals surface area (Å²) in [5.41, 5.74) is 2.90. The van der Waals surface area contributed by atoms with Crippen molar-refractivity contribution in [3.8, 4) is 0 Å². The van der Waals surface area contributed by atoms with E-state index in [0.717, 1.165) is 16.4 Å². The molecule has 17 heavy (non-hydrogen) atoms. The highest BCUT2D eigenvalue weighted by molar-refractivity contribution is 7.09. The lowest BCUT2D eigenvalue weighted by Gasteiger charge is -2.03. The van der Waals surface area contributed by atoms with Gasteiger partial charge in [0.15, 0.2) is 5.78 Å². The molecule has 5 heteroatoms. The molecule has 0 aliphatic heterocycles. The molecule has 0 bridgehead atoms. The maximum atomic E-state index is 12.1. The Labute approximate surface area is 104 Å². The Bertz CT molecular complexity index is 563. The summed E-state index contributed by atoms with van der Waals surface area (Å²) in [5.74, 6) is 0.0470. The smallest absolute Gasteiger partial charge is 0.170 e. The van der Waals surface area contributed by atoms with E-state index in [-0.39, 0.29) is 5.78 Å². The van der Waals surface area contributed by atoms with Gasteiger partial charge in [-0.05, 0) is 26.8 Å². The fourth-order valence-corrected chi connectivity index (χ4v) is 2.19. The van der Waals surface area contributed by atoms with Crippen LogP contribution >= 0.6 is 11.3 Å². The molecule has 0 aromatic carbocycles. The van der Waals surface area contributed by atoms with Crippen LogP contribution in [0, 0.1) is 20.8 Å². The standard InChI is InChI=1S/C12H13N3OS/c1-7-4-11(8(2)15-14-7)12(16)5-10-6-17-9(3)13-10/h4,6H,5H2,1-3H3. The van der Waals surface area contributed by atoms with E-state index in [9.17, 15) is 4.79 Å². The monoisotopic (exact) mass is 247 g/mol. The highest BCUT2D eigenvalue weighted by Gasteiger charge is 2.13. The molecule has 0 aliphatic carbocycles. The Morgan fingerprint density at radius 2 is 2.06 bits per heavy atom. The molecular formula is C12H13N3OS. The first-order chi connectivity index (χ1) is 8.06. The van der Waals surface area contributed by atoms with Crippen LogP contribution < -0.4 is 0 Å². The Balaban J connectivity index is 2.22.